The van der Waals surface area contributed by atoms with Crippen LogP contribution in [0.4, 0.5) is 5.69 Å². The van der Waals surface area contributed by atoms with Gasteiger partial charge in [0.1, 0.15) is 13.2 Å². The lowest BCUT2D eigenvalue weighted by atomic mass is 10.0. The van der Waals surface area contributed by atoms with Crippen LogP contribution in [0.3, 0.4) is 0 Å². The van der Waals surface area contributed by atoms with E-state index in [1.807, 2.05) is 72.8 Å². The summed E-state index contributed by atoms with van der Waals surface area (Å²) in [5.41, 5.74) is 2.93. The van der Waals surface area contributed by atoms with Gasteiger partial charge in [-0.25, -0.2) is 4.79 Å². The van der Waals surface area contributed by atoms with E-state index in [1.165, 1.54) is 12.1 Å². The number of carboxylic acids is 1. The number of carbonyl (C=O) groups is 1. The van der Waals surface area contributed by atoms with E-state index >= 15 is 0 Å². The number of hydrogen-bond acceptors (Lipinski definition) is 6. The highest BCUT2D eigenvalue weighted by Crippen LogP contribution is 2.34. The number of carboxylic acid groups (broad SMARTS) is 1. The predicted molar refractivity (Wildman–Crippen MR) is 156 cm³/mol. The molecule has 0 atom stereocenters. The smallest absolute Gasteiger partial charge is 0.335 e. The van der Waals surface area contributed by atoms with Crippen molar-refractivity contribution in [2.45, 2.75) is 45.3 Å². The Balaban J connectivity index is 1.31. The van der Waals surface area contributed by atoms with Crippen molar-refractivity contribution in [3.05, 3.63) is 129 Å². The second-order valence-corrected chi connectivity index (χ2v) is 9.55. The monoisotopic (exact) mass is 555 g/mol. The first kappa shape index (κ1) is 29.1. The van der Waals surface area contributed by atoms with Crippen LogP contribution < -0.4 is 14.2 Å². The van der Waals surface area contributed by atoms with E-state index in [2.05, 4.69) is 6.07 Å². The number of nitrogens with zero attached hydrogens (tertiary/aromatic N) is 1. The molecule has 8 heteroatoms. The third-order valence-electron chi connectivity index (χ3n) is 6.53. The molecule has 4 rings (SSSR count). The molecular formula is C33H33NO7. The second-order valence-electron chi connectivity index (χ2n) is 9.55. The summed E-state index contributed by atoms with van der Waals surface area (Å²) in [5.74, 6) is 0.274. The molecule has 0 aliphatic rings. The van der Waals surface area contributed by atoms with E-state index < -0.39 is 10.9 Å². The Hall–Kier alpha value is -4.85. The summed E-state index contributed by atoms with van der Waals surface area (Å²) in [7, 11) is 0. The van der Waals surface area contributed by atoms with Crippen LogP contribution in [0.1, 0.15) is 52.7 Å². The van der Waals surface area contributed by atoms with Crippen molar-refractivity contribution in [3.63, 3.8) is 0 Å². The normalized spacial score (nSPS) is 10.6. The molecule has 8 nitrogen and oxygen atoms in total. The van der Waals surface area contributed by atoms with Crippen molar-refractivity contribution < 1.29 is 29.0 Å². The van der Waals surface area contributed by atoms with Gasteiger partial charge in [-0.15, -0.1) is 0 Å². The maximum absolute atomic E-state index is 11.3. The van der Waals surface area contributed by atoms with Gasteiger partial charge in [0.2, 0.25) is 0 Å². The van der Waals surface area contributed by atoms with Crippen molar-refractivity contribution >= 4 is 11.7 Å². The Morgan fingerprint density at radius 2 is 1.37 bits per heavy atom. The minimum atomic E-state index is -1.16. The number of rotatable bonds is 16. The van der Waals surface area contributed by atoms with Gasteiger partial charge < -0.3 is 19.3 Å². The first-order valence-corrected chi connectivity index (χ1v) is 13.6. The van der Waals surface area contributed by atoms with Crippen LogP contribution in [0.5, 0.6) is 17.2 Å². The van der Waals surface area contributed by atoms with Crippen LogP contribution in [0.15, 0.2) is 97.1 Å². The molecule has 41 heavy (non-hydrogen) atoms. The Kier molecular flexibility index (Phi) is 10.7. The number of aromatic carboxylic acids is 1. The summed E-state index contributed by atoms with van der Waals surface area (Å²) in [6, 6.07) is 29.6. The summed E-state index contributed by atoms with van der Waals surface area (Å²) < 4.78 is 18.1. The molecule has 0 unspecified atom stereocenters. The molecule has 212 valence electrons. The first-order valence-electron chi connectivity index (χ1n) is 13.6. The maximum atomic E-state index is 11.3. The second kappa shape index (κ2) is 15.1. The molecule has 0 bridgehead atoms. The Morgan fingerprint density at radius 3 is 2.02 bits per heavy atom. The van der Waals surface area contributed by atoms with E-state index in [9.17, 15) is 14.9 Å². The van der Waals surface area contributed by atoms with Gasteiger partial charge in [-0.2, -0.15) is 0 Å². The highest BCUT2D eigenvalue weighted by atomic mass is 16.6. The summed E-state index contributed by atoms with van der Waals surface area (Å²) in [4.78, 5) is 21.9. The molecule has 0 heterocycles. The molecule has 1 N–H and O–H groups in total. The van der Waals surface area contributed by atoms with Crippen LogP contribution in [0, 0.1) is 10.1 Å². The fourth-order valence-corrected chi connectivity index (χ4v) is 4.37. The number of nitro benzene ring substituents is 1. The molecule has 4 aromatic carbocycles. The van der Waals surface area contributed by atoms with E-state index in [-0.39, 0.29) is 23.6 Å². The van der Waals surface area contributed by atoms with E-state index in [0.29, 0.717) is 25.4 Å². The van der Waals surface area contributed by atoms with Crippen LogP contribution in [-0.4, -0.2) is 22.6 Å². The van der Waals surface area contributed by atoms with Gasteiger partial charge in [-0.05, 0) is 48.1 Å². The maximum Gasteiger partial charge on any atom is 0.335 e. The zero-order chi connectivity index (χ0) is 28.9. The molecule has 0 radical (unpaired) electrons. The van der Waals surface area contributed by atoms with E-state index in [1.54, 1.807) is 0 Å². The average molecular weight is 556 g/mol. The Labute approximate surface area is 239 Å². The summed E-state index contributed by atoms with van der Waals surface area (Å²) >= 11 is 0. The lowest BCUT2D eigenvalue weighted by Gasteiger charge is -2.17. The van der Waals surface area contributed by atoms with Crippen molar-refractivity contribution in [2.24, 2.45) is 0 Å². The van der Waals surface area contributed by atoms with Gasteiger partial charge in [0.05, 0.1) is 17.1 Å². The molecule has 0 saturated heterocycles. The molecule has 0 amide bonds. The van der Waals surface area contributed by atoms with E-state index in [4.69, 9.17) is 19.3 Å². The number of hydrogen-bond donors (Lipinski definition) is 1. The fraction of sp³-hybridized carbons (Fsp3) is 0.242. The highest BCUT2D eigenvalue weighted by molar-refractivity contribution is 5.88. The standard InChI is InChI=1S/C33H33NO7/c35-33(36)28-19-20-29(34(37)38)31(22-28)39-21-10-2-1-9-16-27-17-11-18-30(40-23-25-12-5-3-6-13-25)32(27)41-24-26-14-7-4-8-15-26/h3-8,11-15,17-20,22H,1-2,9-10,16,21,23-24H2,(H,35,36). The minimum Gasteiger partial charge on any atom is -0.487 e. The minimum absolute atomic E-state index is 0.0255. The zero-order valence-corrected chi connectivity index (χ0v) is 22.7. The van der Waals surface area contributed by atoms with E-state index in [0.717, 1.165) is 54.2 Å². The number of nitro groups is 1. The Morgan fingerprint density at radius 1 is 0.707 bits per heavy atom. The van der Waals surface area contributed by atoms with Crippen LogP contribution in [0.2, 0.25) is 0 Å². The van der Waals surface area contributed by atoms with Crippen LogP contribution >= 0.6 is 0 Å². The SMILES string of the molecule is O=C(O)c1ccc([N+](=O)[O-])c(OCCCCCCc2cccc(OCc3ccccc3)c2OCc2ccccc2)c1. The third-order valence-corrected chi connectivity index (χ3v) is 6.53. The molecule has 0 aliphatic carbocycles. The fourth-order valence-electron chi connectivity index (χ4n) is 4.37. The van der Waals surface area contributed by atoms with Gasteiger partial charge in [0, 0.05) is 12.1 Å². The number of ether oxygens (including phenoxy) is 3. The summed E-state index contributed by atoms with van der Waals surface area (Å²) in [6.45, 7) is 1.14. The zero-order valence-electron chi connectivity index (χ0n) is 22.7. The molecule has 0 fully saturated rings. The van der Waals surface area contributed by atoms with Gasteiger partial charge >= 0.3 is 11.7 Å². The predicted octanol–water partition coefficient (Wildman–Crippen LogP) is 7.63. The summed E-state index contributed by atoms with van der Waals surface area (Å²) in [6.07, 6.45) is 4.19. The molecule has 0 spiro atoms. The van der Waals surface area contributed by atoms with Crippen molar-refractivity contribution in [3.8, 4) is 17.2 Å². The van der Waals surface area contributed by atoms with Gasteiger partial charge in [0.25, 0.3) is 0 Å². The van der Waals surface area contributed by atoms with Gasteiger partial charge in [-0.3, -0.25) is 10.1 Å². The molecular weight excluding hydrogens is 522 g/mol. The van der Waals surface area contributed by atoms with Crippen LogP contribution in [0.25, 0.3) is 0 Å². The highest BCUT2D eigenvalue weighted by Gasteiger charge is 2.18. The number of aryl methyl sites for hydroxylation is 1. The topological polar surface area (TPSA) is 108 Å². The molecule has 0 aliphatic heterocycles. The van der Waals surface area contributed by atoms with Gasteiger partial charge in [0.15, 0.2) is 17.2 Å². The molecule has 4 aromatic rings. The van der Waals surface area contributed by atoms with Crippen molar-refractivity contribution in [1.82, 2.24) is 0 Å². The number of para-hydroxylation sites is 1. The number of benzene rings is 4. The lowest BCUT2D eigenvalue weighted by Crippen LogP contribution is -2.04. The van der Waals surface area contributed by atoms with Crippen molar-refractivity contribution in [2.75, 3.05) is 6.61 Å². The molecule has 0 saturated carbocycles. The Bertz CT molecular complexity index is 1420. The average Bonchev–Trinajstić information content (AvgIpc) is 2.99. The number of unbranched alkanes of at least 4 members (excludes halogenated alkanes) is 3. The van der Waals surface area contributed by atoms with Crippen molar-refractivity contribution in [1.29, 1.82) is 0 Å². The first-order chi connectivity index (χ1) is 20.0. The molecule has 0 aromatic heterocycles. The third kappa shape index (κ3) is 8.83. The largest absolute Gasteiger partial charge is 0.487 e. The lowest BCUT2D eigenvalue weighted by molar-refractivity contribution is -0.385. The summed E-state index contributed by atoms with van der Waals surface area (Å²) in [5, 5.41) is 20.4. The quantitative estimate of drug-likeness (QED) is 0.0860. The van der Waals surface area contributed by atoms with Crippen LogP contribution in [-0.2, 0) is 19.6 Å². The van der Waals surface area contributed by atoms with Gasteiger partial charge in [-0.1, -0.05) is 85.6 Å².